The molecule has 0 amide bonds. The zero-order valence-electron chi connectivity index (χ0n) is 10.5. The molecule has 2 aromatic heterocycles. The van der Waals surface area contributed by atoms with Crippen LogP contribution in [0.5, 0.6) is 0 Å². The highest BCUT2D eigenvalue weighted by Crippen LogP contribution is 2.40. The van der Waals surface area contributed by atoms with E-state index in [-0.39, 0.29) is 11.5 Å². The summed E-state index contributed by atoms with van der Waals surface area (Å²) >= 11 is 6.13. The highest BCUT2D eigenvalue weighted by Gasteiger charge is 2.24. The van der Waals surface area contributed by atoms with Crippen molar-refractivity contribution in [3.63, 3.8) is 0 Å². The SMILES string of the molecule is CC(C)c1c(Cl)nc2cc(C3CC3)ccn2c1=O. The molecule has 0 spiro atoms. The number of nitrogens with zero attached hydrogens (tertiary/aromatic N) is 2. The van der Waals surface area contributed by atoms with Crippen molar-refractivity contribution in [2.75, 3.05) is 0 Å². The van der Waals surface area contributed by atoms with Gasteiger partial charge in [-0.15, -0.1) is 0 Å². The fourth-order valence-electron chi connectivity index (χ4n) is 2.30. The number of fused-ring (bicyclic) bond motifs is 1. The standard InChI is InChI=1S/C14H15ClN2O/c1-8(2)12-13(15)16-11-7-10(9-3-4-9)5-6-17(11)14(12)18/h5-9H,3-4H2,1-2H3. The maximum atomic E-state index is 12.3. The summed E-state index contributed by atoms with van der Waals surface area (Å²) in [6.45, 7) is 3.91. The van der Waals surface area contributed by atoms with Gasteiger partial charge in [0.25, 0.3) is 5.56 Å². The third kappa shape index (κ3) is 1.83. The van der Waals surface area contributed by atoms with Crippen molar-refractivity contribution in [2.45, 2.75) is 38.5 Å². The van der Waals surface area contributed by atoms with Crippen LogP contribution in [-0.4, -0.2) is 9.38 Å². The van der Waals surface area contributed by atoms with Gasteiger partial charge in [0.2, 0.25) is 0 Å². The Morgan fingerprint density at radius 3 is 2.78 bits per heavy atom. The van der Waals surface area contributed by atoms with Gasteiger partial charge in [0, 0.05) is 6.20 Å². The van der Waals surface area contributed by atoms with Gasteiger partial charge in [0.15, 0.2) is 0 Å². The minimum atomic E-state index is -0.0534. The summed E-state index contributed by atoms with van der Waals surface area (Å²) in [6.07, 6.45) is 4.29. The van der Waals surface area contributed by atoms with Crippen molar-refractivity contribution < 1.29 is 0 Å². The molecule has 0 aliphatic heterocycles. The van der Waals surface area contributed by atoms with Gasteiger partial charge in [0.05, 0.1) is 5.56 Å². The van der Waals surface area contributed by atoms with Crippen molar-refractivity contribution in [1.82, 2.24) is 9.38 Å². The van der Waals surface area contributed by atoms with E-state index in [1.54, 1.807) is 4.40 Å². The van der Waals surface area contributed by atoms with Crippen LogP contribution in [0.1, 0.15) is 49.7 Å². The Morgan fingerprint density at radius 1 is 1.44 bits per heavy atom. The number of aromatic nitrogens is 2. The van der Waals surface area contributed by atoms with E-state index in [1.165, 1.54) is 18.4 Å². The molecule has 18 heavy (non-hydrogen) atoms. The minimum Gasteiger partial charge on any atom is -0.269 e. The summed E-state index contributed by atoms with van der Waals surface area (Å²) in [5.41, 5.74) is 2.45. The lowest BCUT2D eigenvalue weighted by Gasteiger charge is -2.10. The molecule has 0 bridgehead atoms. The lowest BCUT2D eigenvalue weighted by Crippen LogP contribution is -2.21. The van der Waals surface area contributed by atoms with E-state index in [0.717, 1.165) is 0 Å². The maximum absolute atomic E-state index is 12.3. The van der Waals surface area contributed by atoms with E-state index in [2.05, 4.69) is 4.98 Å². The van der Waals surface area contributed by atoms with Crippen molar-refractivity contribution >= 4 is 17.2 Å². The molecule has 94 valence electrons. The number of hydrogen-bond acceptors (Lipinski definition) is 2. The van der Waals surface area contributed by atoms with E-state index in [0.29, 0.717) is 22.3 Å². The molecule has 1 saturated carbocycles. The molecule has 4 heteroatoms. The smallest absolute Gasteiger partial charge is 0.262 e. The third-order valence-electron chi connectivity index (χ3n) is 3.47. The molecule has 1 aliphatic rings. The number of rotatable bonds is 2. The molecule has 0 N–H and O–H groups in total. The second-order valence-electron chi connectivity index (χ2n) is 5.24. The van der Waals surface area contributed by atoms with Crippen LogP contribution in [0.25, 0.3) is 5.65 Å². The van der Waals surface area contributed by atoms with E-state index < -0.39 is 0 Å². The average Bonchev–Trinajstić information content (AvgIpc) is 3.11. The predicted molar refractivity (Wildman–Crippen MR) is 72.5 cm³/mol. The Labute approximate surface area is 110 Å². The van der Waals surface area contributed by atoms with E-state index in [4.69, 9.17) is 11.6 Å². The highest BCUT2D eigenvalue weighted by molar-refractivity contribution is 6.30. The van der Waals surface area contributed by atoms with Crippen LogP contribution < -0.4 is 5.56 Å². The lowest BCUT2D eigenvalue weighted by atomic mass is 10.1. The maximum Gasteiger partial charge on any atom is 0.262 e. The largest absolute Gasteiger partial charge is 0.269 e. The van der Waals surface area contributed by atoms with Crippen LogP contribution >= 0.6 is 11.6 Å². The first-order valence-corrected chi connectivity index (χ1v) is 6.67. The van der Waals surface area contributed by atoms with Crippen LogP contribution in [-0.2, 0) is 0 Å². The topological polar surface area (TPSA) is 34.4 Å². The monoisotopic (exact) mass is 262 g/mol. The molecule has 3 rings (SSSR count). The summed E-state index contributed by atoms with van der Waals surface area (Å²) in [4.78, 5) is 16.7. The molecule has 0 unspecified atom stereocenters. The van der Waals surface area contributed by atoms with Crippen molar-refractivity contribution in [2.24, 2.45) is 0 Å². The Morgan fingerprint density at radius 2 is 2.17 bits per heavy atom. The van der Waals surface area contributed by atoms with Gasteiger partial charge >= 0.3 is 0 Å². The van der Waals surface area contributed by atoms with Gasteiger partial charge in [-0.3, -0.25) is 9.20 Å². The first-order valence-electron chi connectivity index (χ1n) is 6.29. The Hall–Kier alpha value is -1.35. The molecule has 0 atom stereocenters. The van der Waals surface area contributed by atoms with Crippen LogP contribution in [0.3, 0.4) is 0 Å². The summed E-state index contributed by atoms with van der Waals surface area (Å²) in [5, 5.41) is 0.336. The zero-order chi connectivity index (χ0) is 12.9. The molecule has 2 aromatic rings. The van der Waals surface area contributed by atoms with Crippen LogP contribution in [0.15, 0.2) is 23.1 Å². The van der Waals surface area contributed by atoms with Gasteiger partial charge in [-0.1, -0.05) is 25.4 Å². The number of pyridine rings is 1. The molecule has 0 aromatic carbocycles. The van der Waals surface area contributed by atoms with Crippen molar-refractivity contribution in [3.8, 4) is 0 Å². The number of hydrogen-bond donors (Lipinski definition) is 0. The summed E-state index contributed by atoms with van der Waals surface area (Å²) in [6, 6.07) is 4.00. The minimum absolute atomic E-state index is 0.0534. The lowest BCUT2D eigenvalue weighted by molar-refractivity contribution is 0.821. The Bertz CT molecular complexity index is 671. The Balaban J connectivity index is 2.27. The van der Waals surface area contributed by atoms with Gasteiger partial charge in [0.1, 0.15) is 10.8 Å². The van der Waals surface area contributed by atoms with Gasteiger partial charge in [-0.2, -0.15) is 0 Å². The quantitative estimate of drug-likeness (QED) is 0.778. The van der Waals surface area contributed by atoms with Crippen molar-refractivity contribution in [1.29, 1.82) is 0 Å². The van der Waals surface area contributed by atoms with Crippen LogP contribution in [0, 0.1) is 0 Å². The molecule has 2 heterocycles. The summed E-state index contributed by atoms with van der Waals surface area (Å²) in [5.74, 6) is 0.730. The molecule has 3 nitrogen and oxygen atoms in total. The fraction of sp³-hybridized carbons (Fsp3) is 0.429. The van der Waals surface area contributed by atoms with Crippen molar-refractivity contribution in [3.05, 3.63) is 45.0 Å². The highest BCUT2D eigenvalue weighted by atomic mass is 35.5. The fourth-order valence-corrected chi connectivity index (χ4v) is 2.68. The Kier molecular flexibility index (Phi) is 2.67. The second kappa shape index (κ2) is 4.09. The summed E-state index contributed by atoms with van der Waals surface area (Å²) < 4.78 is 1.59. The normalized spacial score (nSPS) is 15.6. The molecule has 0 radical (unpaired) electrons. The van der Waals surface area contributed by atoms with Gasteiger partial charge in [-0.05, 0) is 42.4 Å². The first-order chi connectivity index (χ1) is 8.58. The number of halogens is 1. The zero-order valence-corrected chi connectivity index (χ0v) is 11.2. The van der Waals surface area contributed by atoms with E-state index >= 15 is 0 Å². The van der Waals surface area contributed by atoms with E-state index in [9.17, 15) is 4.79 Å². The van der Waals surface area contributed by atoms with Gasteiger partial charge in [-0.25, -0.2) is 4.98 Å². The van der Waals surface area contributed by atoms with E-state index in [1.807, 2.05) is 32.2 Å². The first kappa shape index (κ1) is 11.7. The molecular formula is C14H15ClN2O. The third-order valence-corrected chi connectivity index (χ3v) is 3.76. The molecule has 1 fully saturated rings. The van der Waals surface area contributed by atoms with Crippen LogP contribution in [0.2, 0.25) is 5.15 Å². The van der Waals surface area contributed by atoms with Gasteiger partial charge < -0.3 is 0 Å². The molecular weight excluding hydrogens is 248 g/mol. The second-order valence-corrected chi connectivity index (χ2v) is 5.60. The molecule has 0 saturated heterocycles. The average molecular weight is 263 g/mol. The predicted octanol–water partition coefficient (Wildman–Crippen LogP) is 3.35. The van der Waals surface area contributed by atoms with Crippen LogP contribution in [0.4, 0.5) is 0 Å². The molecule has 1 aliphatic carbocycles. The summed E-state index contributed by atoms with van der Waals surface area (Å²) in [7, 11) is 0.